The van der Waals surface area contributed by atoms with Gasteiger partial charge in [-0.05, 0) is 35.9 Å². The Morgan fingerprint density at radius 2 is 1.71 bits per heavy atom. The van der Waals surface area contributed by atoms with Crippen LogP contribution in [0.3, 0.4) is 0 Å². The van der Waals surface area contributed by atoms with E-state index in [1.165, 1.54) is 0 Å². The van der Waals surface area contributed by atoms with Gasteiger partial charge in [0.25, 0.3) is 0 Å². The molecule has 3 nitrogen and oxygen atoms in total. The fourth-order valence-electron chi connectivity index (χ4n) is 2.35. The van der Waals surface area contributed by atoms with Crippen molar-refractivity contribution in [3.8, 4) is 22.6 Å². The minimum atomic E-state index is -0.191. The van der Waals surface area contributed by atoms with Crippen LogP contribution in [0, 0.1) is 5.82 Å². The summed E-state index contributed by atoms with van der Waals surface area (Å²) in [6.07, 6.45) is 0. The minimum Gasteiger partial charge on any atom is -0.486 e. The third kappa shape index (κ3) is 3.00. The maximum Gasteiger partial charge on any atom is 0.161 e. The van der Waals surface area contributed by atoms with Crippen LogP contribution < -0.4 is 14.8 Å². The molecule has 0 aliphatic carbocycles. The Morgan fingerprint density at radius 3 is 2.48 bits per heavy atom. The summed E-state index contributed by atoms with van der Waals surface area (Å²) in [5.41, 5.74) is 2.44. The highest BCUT2D eigenvalue weighted by molar-refractivity contribution is 5.67. The second-order valence-electron chi connectivity index (χ2n) is 4.94. The SMILES string of the molecule is CCNCc1ccc(-c2ccc3c(c2)OCCO3)cc1F. The van der Waals surface area contributed by atoms with E-state index in [4.69, 9.17) is 9.47 Å². The van der Waals surface area contributed by atoms with E-state index in [2.05, 4.69) is 5.32 Å². The van der Waals surface area contributed by atoms with Gasteiger partial charge in [0.05, 0.1) is 0 Å². The molecule has 4 heteroatoms. The lowest BCUT2D eigenvalue weighted by Gasteiger charge is -2.19. The van der Waals surface area contributed by atoms with E-state index >= 15 is 0 Å². The van der Waals surface area contributed by atoms with Crippen molar-refractivity contribution in [3.63, 3.8) is 0 Å². The topological polar surface area (TPSA) is 30.5 Å². The third-order valence-electron chi connectivity index (χ3n) is 3.49. The van der Waals surface area contributed by atoms with Gasteiger partial charge in [-0.1, -0.05) is 25.1 Å². The lowest BCUT2D eigenvalue weighted by molar-refractivity contribution is 0.171. The van der Waals surface area contributed by atoms with Crippen molar-refractivity contribution in [2.75, 3.05) is 19.8 Å². The summed E-state index contributed by atoms with van der Waals surface area (Å²) < 4.78 is 25.2. The number of fused-ring (bicyclic) bond motifs is 1. The van der Waals surface area contributed by atoms with E-state index in [9.17, 15) is 4.39 Å². The van der Waals surface area contributed by atoms with Crippen LogP contribution in [-0.4, -0.2) is 19.8 Å². The molecule has 1 heterocycles. The van der Waals surface area contributed by atoms with Crippen LogP contribution in [0.15, 0.2) is 36.4 Å². The van der Waals surface area contributed by atoms with Gasteiger partial charge in [0.1, 0.15) is 19.0 Å². The lowest BCUT2D eigenvalue weighted by Crippen LogP contribution is -2.15. The number of halogens is 1. The van der Waals surface area contributed by atoms with Gasteiger partial charge in [0, 0.05) is 12.1 Å². The molecule has 1 N–H and O–H groups in total. The number of hydrogen-bond acceptors (Lipinski definition) is 3. The molecule has 0 unspecified atom stereocenters. The van der Waals surface area contributed by atoms with Crippen molar-refractivity contribution >= 4 is 0 Å². The van der Waals surface area contributed by atoms with Crippen LogP contribution in [0.1, 0.15) is 12.5 Å². The lowest BCUT2D eigenvalue weighted by atomic mass is 10.0. The number of hydrogen-bond donors (Lipinski definition) is 1. The Balaban J connectivity index is 1.88. The van der Waals surface area contributed by atoms with E-state index < -0.39 is 0 Å². The Morgan fingerprint density at radius 1 is 1.00 bits per heavy atom. The number of rotatable bonds is 4. The van der Waals surface area contributed by atoms with Crippen molar-refractivity contribution < 1.29 is 13.9 Å². The molecule has 0 amide bonds. The van der Waals surface area contributed by atoms with Gasteiger partial charge in [-0.3, -0.25) is 0 Å². The highest BCUT2D eigenvalue weighted by atomic mass is 19.1. The van der Waals surface area contributed by atoms with Gasteiger partial charge in [-0.25, -0.2) is 4.39 Å². The van der Waals surface area contributed by atoms with Gasteiger partial charge in [-0.2, -0.15) is 0 Å². The van der Waals surface area contributed by atoms with Crippen molar-refractivity contribution in [2.24, 2.45) is 0 Å². The van der Waals surface area contributed by atoms with Gasteiger partial charge in [-0.15, -0.1) is 0 Å². The number of benzene rings is 2. The molecule has 0 aromatic heterocycles. The fraction of sp³-hybridized carbons (Fsp3) is 0.294. The molecule has 1 aliphatic rings. The van der Waals surface area contributed by atoms with E-state index in [-0.39, 0.29) is 5.82 Å². The van der Waals surface area contributed by atoms with Crippen LogP contribution in [-0.2, 0) is 6.54 Å². The number of ether oxygens (including phenoxy) is 2. The minimum absolute atomic E-state index is 0.191. The molecular formula is C17H18FNO2. The van der Waals surface area contributed by atoms with Crippen LogP contribution in [0.5, 0.6) is 11.5 Å². The summed E-state index contributed by atoms with van der Waals surface area (Å²) in [5.74, 6) is 1.27. The van der Waals surface area contributed by atoms with Gasteiger partial charge < -0.3 is 14.8 Å². The summed E-state index contributed by atoms with van der Waals surface area (Å²) in [5, 5.41) is 3.13. The smallest absolute Gasteiger partial charge is 0.161 e. The first-order valence-electron chi connectivity index (χ1n) is 7.17. The van der Waals surface area contributed by atoms with Gasteiger partial charge in [0.2, 0.25) is 0 Å². The zero-order valence-corrected chi connectivity index (χ0v) is 12.0. The maximum atomic E-state index is 14.1. The summed E-state index contributed by atoms with van der Waals surface area (Å²) >= 11 is 0. The van der Waals surface area contributed by atoms with Crippen LogP contribution >= 0.6 is 0 Å². The Bertz CT molecular complexity index is 643. The van der Waals surface area contributed by atoms with Crippen molar-refractivity contribution in [1.82, 2.24) is 5.32 Å². The average Bonchev–Trinajstić information content (AvgIpc) is 2.53. The fourth-order valence-corrected chi connectivity index (χ4v) is 2.35. The normalized spacial score (nSPS) is 13.2. The van der Waals surface area contributed by atoms with Crippen LogP contribution in [0.4, 0.5) is 4.39 Å². The monoisotopic (exact) mass is 287 g/mol. The molecule has 21 heavy (non-hydrogen) atoms. The summed E-state index contributed by atoms with van der Waals surface area (Å²) in [7, 11) is 0. The molecule has 0 atom stereocenters. The van der Waals surface area contributed by atoms with E-state index in [1.807, 2.05) is 37.3 Å². The van der Waals surface area contributed by atoms with E-state index in [0.29, 0.717) is 25.3 Å². The van der Waals surface area contributed by atoms with Crippen LogP contribution in [0.2, 0.25) is 0 Å². The molecular weight excluding hydrogens is 269 g/mol. The Hall–Kier alpha value is -2.07. The molecule has 0 fully saturated rings. The third-order valence-corrected chi connectivity index (χ3v) is 3.49. The predicted octanol–water partition coefficient (Wildman–Crippen LogP) is 3.37. The largest absolute Gasteiger partial charge is 0.486 e. The molecule has 0 spiro atoms. The highest BCUT2D eigenvalue weighted by Gasteiger charge is 2.13. The molecule has 2 aromatic rings. The Labute approximate surface area is 123 Å². The predicted molar refractivity (Wildman–Crippen MR) is 80.2 cm³/mol. The van der Waals surface area contributed by atoms with Crippen molar-refractivity contribution in [3.05, 3.63) is 47.8 Å². The first kappa shape index (κ1) is 13.9. The van der Waals surface area contributed by atoms with Crippen LogP contribution in [0.25, 0.3) is 11.1 Å². The molecule has 3 rings (SSSR count). The van der Waals surface area contributed by atoms with Crippen molar-refractivity contribution in [2.45, 2.75) is 13.5 Å². The molecule has 0 radical (unpaired) electrons. The molecule has 1 aliphatic heterocycles. The average molecular weight is 287 g/mol. The van der Waals surface area contributed by atoms with Crippen molar-refractivity contribution in [1.29, 1.82) is 0 Å². The highest BCUT2D eigenvalue weighted by Crippen LogP contribution is 2.34. The van der Waals surface area contributed by atoms with E-state index in [1.54, 1.807) is 6.07 Å². The molecule has 0 saturated carbocycles. The summed E-state index contributed by atoms with van der Waals surface area (Å²) in [6.45, 7) is 4.49. The first-order chi connectivity index (χ1) is 10.3. The second kappa shape index (κ2) is 6.14. The summed E-state index contributed by atoms with van der Waals surface area (Å²) in [6, 6.07) is 11.0. The molecule has 2 aromatic carbocycles. The van der Waals surface area contributed by atoms with Gasteiger partial charge in [0.15, 0.2) is 11.5 Å². The molecule has 0 bridgehead atoms. The van der Waals surface area contributed by atoms with E-state index in [0.717, 1.165) is 29.2 Å². The second-order valence-corrected chi connectivity index (χ2v) is 4.94. The Kier molecular flexibility index (Phi) is 4.06. The maximum absolute atomic E-state index is 14.1. The standard InChI is InChI=1S/C17H18FNO2/c1-2-19-11-14-4-3-12(9-15(14)18)13-5-6-16-17(10-13)21-8-7-20-16/h3-6,9-10,19H,2,7-8,11H2,1H3. The zero-order chi connectivity index (χ0) is 14.7. The molecule has 110 valence electrons. The zero-order valence-electron chi connectivity index (χ0n) is 12.0. The number of nitrogens with one attached hydrogen (secondary N) is 1. The quantitative estimate of drug-likeness (QED) is 0.935. The van der Waals surface area contributed by atoms with Gasteiger partial charge >= 0.3 is 0 Å². The first-order valence-corrected chi connectivity index (χ1v) is 7.17. The molecule has 0 saturated heterocycles. The summed E-state index contributed by atoms with van der Waals surface area (Å²) in [4.78, 5) is 0.